The van der Waals surface area contributed by atoms with Gasteiger partial charge in [0.05, 0.1) is 0 Å². The summed E-state index contributed by atoms with van der Waals surface area (Å²) >= 11 is 0. The number of fused-ring (bicyclic) bond motifs is 1. The van der Waals surface area contributed by atoms with Crippen LogP contribution in [-0.4, -0.2) is 5.78 Å². The number of benzene rings is 3. The van der Waals surface area contributed by atoms with E-state index in [1.54, 1.807) is 12.3 Å². The lowest BCUT2D eigenvalue weighted by Crippen LogP contribution is -2.05. The zero-order valence-electron chi connectivity index (χ0n) is 12.2. The van der Waals surface area contributed by atoms with Crippen LogP contribution in [-0.2, 0) is 6.54 Å². The van der Waals surface area contributed by atoms with Crippen LogP contribution in [0.1, 0.15) is 15.9 Å². The van der Waals surface area contributed by atoms with E-state index in [0.717, 1.165) is 16.3 Å². The molecule has 0 saturated carbocycles. The van der Waals surface area contributed by atoms with Crippen LogP contribution in [0.15, 0.2) is 85.1 Å². The minimum absolute atomic E-state index is 0.0114. The molecule has 2 heteroatoms. The predicted octanol–water partition coefficient (Wildman–Crippen LogP) is 4.33. The second kappa shape index (κ2) is 6.72. The normalized spacial score (nSPS) is 10.9. The van der Waals surface area contributed by atoms with Crippen molar-refractivity contribution in [2.45, 2.75) is 6.54 Å². The molecular weight excluding hydrogens is 270 g/mol. The van der Waals surface area contributed by atoms with Crippen LogP contribution >= 0.6 is 0 Å². The first kappa shape index (κ1) is 14.1. The van der Waals surface area contributed by atoms with Gasteiger partial charge in [-0.05, 0) is 16.3 Å². The third-order valence-corrected chi connectivity index (χ3v) is 3.56. The zero-order chi connectivity index (χ0) is 15.2. The summed E-state index contributed by atoms with van der Waals surface area (Å²) in [5.74, 6) is 0.0114. The van der Waals surface area contributed by atoms with Crippen molar-refractivity contribution < 1.29 is 4.79 Å². The predicted molar refractivity (Wildman–Crippen MR) is 90.7 cm³/mol. The minimum Gasteiger partial charge on any atom is -0.387 e. The molecule has 3 rings (SSSR count). The zero-order valence-corrected chi connectivity index (χ0v) is 12.2. The molecule has 0 bridgehead atoms. The number of hydrogen-bond donors (Lipinski definition) is 1. The summed E-state index contributed by atoms with van der Waals surface area (Å²) in [6, 6.07) is 23.8. The molecule has 108 valence electrons. The van der Waals surface area contributed by atoms with E-state index >= 15 is 0 Å². The molecule has 2 nitrogen and oxygen atoms in total. The number of carbonyl (C=O) groups is 1. The van der Waals surface area contributed by atoms with Crippen LogP contribution in [0.4, 0.5) is 0 Å². The van der Waals surface area contributed by atoms with Crippen molar-refractivity contribution in [2.75, 3.05) is 0 Å². The largest absolute Gasteiger partial charge is 0.387 e. The number of rotatable bonds is 5. The fraction of sp³-hybridized carbons (Fsp3) is 0.0500. The third-order valence-electron chi connectivity index (χ3n) is 3.56. The van der Waals surface area contributed by atoms with Gasteiger partial charge in [-0.2, -0.15) is 0 Å². The van der Waals surface area contributed by atoms with Gasteiger partial charge in [0.2, 0.25) is 0 Å². The highest BCUT2D eigenvalue weighted by Crippen LogP contribution is 2.19. The molecule has 0 aromatic heterocycles. The Morgan fingerprint density at radius 2 is 1.59 bits per heavy atom. The third kappa shape index (κ3) is 3.23. The summed E-state index contributed by atoms with van der Waals surface area (Å²) in [6.45, 7) is 0.708. The highest BCUT2D eigenvalue weighted by molar-refractivity contribution is 6.13. The van der Waals surface area contributed by atoms with Gasteiger partial charge in [-0.15, -0.1) is 0 Å². The molecule has 3 aromatic carbocycles. The quantitative estimate of drug-likeness (QED) is 0.559. The lowest BCUT2D eigenvalue weighted by atomic mass is 10.0. The first-order valence-corrected chi connectivity index (χ1v) is 7.30. The molecule has 0 heterocycles. The first-order chi connectivity index (χ1) is 10.8. The van der Waals surface area contributed by atoms with Crippen molar-refractivity contribution in [3.63, 3.8) is 0 Å². The van der Waals surface area contributed by atoms with Gasteiger partial charge in [-0.25, -0.2) is 0 Å². The van der Waals surface area contributed by atoms with Crippen molar-refractivity contribution in [3.8, 4) is 0 Å². The highest BCUT2D eigenvalue weighted by atomic mass is 16.1. The maximum atomic E-state index is 12.3. The molecule has 0 amide bonds. The Kier molecular flexibility index (Phi) is 4.30. The monoisotopic (exact) mass is 287 g/mol. The highest BCUT2D eigenvalue weighted by Gasteiger charge is 2.05. The Morgan fingerprint density at radius 1 is 0.864 bits per heavy atom. The number of ketones is 1. The Labute approximate surface area is 130 Å². The van der Waals surface area contributed by atoms with Gasteiger partial charge in [0.15, 0.2) is 5.78 Å². The summed E-state index contributed by atoms with van der Waals surface area (Å²) < 4.78 is 0. The fourth-order valence-electron chi connectivity index (χ4n) is 2.44. The number of carbonyl (C=O) groups excluding carboxylic acids is 1. The standard InChI is InChI=1S/C20H17NO/c22-20(13-14-21-15-16-7-2-1-3-8-16)19-12-6-10-17-9-4-5-11-18(17)19/h1-14,21H,15H2/b14-13-. The smallest absolute Gasteiger partial charge is 0.187 e. The maximum Gasteiger partial charge on any atom is 0.187 e. The molecule has 0 saturated heterocycles. The maximum absolute atomic E-state index is 12.3. The van der Waals surface area contributed by atoms with E-state index in [0.29, 0.717) is 6.54 Å². The second-order valence-corrected chi connectivity index (χ2v) is 5.09. The van der Waals surface area contributed by atoms with Gasteiger partial charge in [0, 0.05) is 24.4 Å². The fourth-order valence-corrected chi connectivity index (χ4v) is 2.44. The average Bonchev–Trinajstić information content (AvgIpc) is 2.59. The van der Waals surface area contributed by atoms with Crippen molar-refractivity contribution in [1.82, 2.24) is 5.32 Å². The lowest BCUT2D eigenvalue weighted by molar-refractivity contribution is 0.104. The molecule has 1 N–H and O–H groups in total. The number of allylic oxidation sites excluding steroid dienone is 1. The molecule has 22 heavy (non-hydrogen) atoms. The van der Waals surface area contributed by atoms with E-state index in [1.165, 1.54) is 5.56 Å². The molecule has 0 radical (unpaired) electrons. The van der Waals surface area contributed by atoms with Crippen molar-refractivity contribution in [2.24, 2.45) is 0 Å². The summed E-state index contributed by atoms with van der Waals surface area (Å²) in [4.78, 5) is 12.3. The number of hydrogen-bond acceptors (Lipinski definition) is 2. The van der Waals surface area contributed by atoms with E-state index in [-0.39, 0.29) is 5.78 Å². The van der Waals surface area contributed by atoms with Gasteiger partial charge >= 0.3 is 0 Å². The number of nitrogens with one attached hydrogen (secondary N) is 1. The average molecular weight is 287 g/mol. The van der Waals surface area contributed by atoms with E-state index in [9.17, 15) is 4.79 Å². The summed E-state index contributed by atoms with van der Waals surface area (Å²) in [5.41, 5.74) is 1.92. The van der Waals surface area contributed by atoms with Crippen molar-refractivity contribution in [3.05, 3.63) is 96.2 Å². The molecule has 0 fully saturated rings. The molecule has 0 aliphatic heterocycles. The molecule has 0 aliphatic rings. The van der Waals surface area contributed by atoms with Gasteiger partial charge in [-0.3, -0.25) is 4.79 Å². The van der Waals surface area contributed by atoms with Crippen LogP contribution in [0.5, 0.6) is 0 Å². The summed E-state index contributed by atoms with van der Waals surface area (Å²) in [7, 11) is 0. The molecule has 0 spiro atoms. The van der Waals surface area contributed by atoms with Crippen LogP contribution in [0, 0.1) is 0 Å². The Hall–Kier alpha value is -2.87. The van der Waals surface area contributed by atoms with Gasteiger partial charge < -0.3 is 5.32 Å². The lowest BCUT2D eigenvalue weighted by Gasteiger charge is -2.03. The van der Waals surface area contributed by atoms with Gasteiger partial charge in [0.1, 0.15) is 0 Å². The molecular formula is C20H17NO. The molecule has 0 aliphatic carbocycles. The Morgan fingerprint density at radius 3 is 2.45 bits per heavy atom. The van der Waals surface area contributed by atoms with E-state index in [2.05, 4.69) is 5.32 Å². The molecule has 0 atom stereocenters. The SMILES string of the molecule is O=C(/C=C\NCc1ccccc1)c1cccc2ccccc12. The van der Waals surface area contributed by atoms with Crippen LogP contribution in [0.3, 0.4) is 0 Å². The molecule has 3 aromatic rings. The second-order valence-electron chi connectivity index (χ2n) is 5.09. The van der Waals surface area contributed by atoms with Crippen LogP contribution in [0.25, 0.3) is 10.8 Å². The van der Waals surface area contributed by atoms with Gasteiger partial charge in [-0.1, -0.05) is 72.8 Å². The van der Waals surface area contributed by atoms with Crippen molar-refractivity contribution >= 4 is 16.6 Å². The van der Waals surface area contributed by atoms with E-state index < -0.39 is 0 Å². The summed E-state index contributed by atoms with van der Waals surface area (Å²) in [6.07, 6.45) is 3.31. The Bertz CT molecular complexity index is 801. The first-order valence-electron chi connectivity index (χ1n) is 7.30. The van der Waals surface area contributed by atoms with E-state index in [4.69, 9.17) is 0 Å². The van der Waals surface area contributed by atoms with Crippen LogP contribution < -0.4 is 5.32 Å². The topological polar surface area (TPSA) is 29.1 Å². The molecule has 0 unspecified atom stereocenters. The van der Waals surface area contributed by atoms with Crippen molar-refractivity contribution in [1.29, 1.82) is 0 Å². The van der Waals surface area contributed by atoms with Crippen LogP contribution in [0.2, 0.25) is 0 Å². The Balaban J connectivity index is 1.70. The van der Waals surface area contributed by atoms with E-state index in [1.807, 2.05) is 72.8 Å². The summed E-state index contributed by atoms with van der Waals surface area (Å²) in [5, 5.41) is 5.22. The minimum atomic E-state index is 0.0114. The van der Waals surface area contributed by atoms with Gasteiger partial charge in [0.25, 0.3) is 0 Å².